The van der Waals surface area contributed by atoms with Crippen LogP contribution in [0.5, 0.6) is 11.6 Å². The number of ether oxygens (including phenoxy) is 1. The van der Waals surface area contributed by atoms with Gasteiger partial charge in [-0.1, -0.05) is 43.2 Å². The third kappa shape index (κ3) is 6.09. The van der Waals surface area contributed by atoms with Crippen molar-refractivity contribution in [2.45, 2.75) is 33.1 Å². The van der Waals surface area contributed by atoms with Crippen LogP contribution in [0.25, 0.3) is 16.6 Å². The first kappa shape index (κ1) is 27.3. The lowest BCUT2D eigenvalue weighted by Crippen LogP contribution is -2.47. The van der Waals surface area contributed by atoms with Crippen LogP contribution in [-0.2, 0) is 0 Å². The molecule has 4 aromatic rings. The zero-order chi connectivity index (χ0) is 28.6. The number of piperazine rings is 1. The minimum absolute atomic E-state index is 0.0171. The van der Waals surface area contributed by atoms with Gasteiger partial charge in [-0.25, -0.2) is 9.78 Å². The third-order valence-corrected chi connectivity index (χ3v) is 8.41. The van der Waals surface area contributed by atoms with Crippen LogP contribution in [-0.4, -0.2) is 63.7 Å². The molecule has 212 valence electrons. The fourth-order valence-electron chi connectivity index (χ4n) is 5.80. The zero-order valence-corrected chi connectivity index (χ0v) is 24.1. The molecule has 1 saturated heterocycles. The number of carboxylic acid groups (broad SMARTS) is 1. The molecule has 1 aromatic carbocycles. The van der Waals surface area contributed by atoms with Crippen molar-refractivity contribution >= 4 is 40.0 Å². The summed E-state index contributed by atoms with van der Waals surface area (Å²) in [7, 11) is 0. The van der Waals surface area contributed by atoms with Crippen molar-refractivity contribution in [2.24, 2.45) is 5.41 Å². The predicted molar refractivity (Wildman–Crippen MR) is 162 cm³/mol. The molecule has 2 aliphatic rings. The SMILES string of the molecule is CC1(C)CCC(CN2CCN(c3ccc(C(=O)O)c(Oc4cnc5[nH]ccc5c4)n3)CC2)=C(c2ccc(Cl)cc2)C1. The summed E-state index contributed by atoms with van der Waals surface area (Å²) in [6.07, 6.45) is 6.73. The number of aromatic amines is 1. The summed E-state index contributed by atoms with van der Waals surface area (Å²) in [5, 5.41) is 11.4. The molecule has 4 heterocycles. The molecule has 0 atom stereocenters. The van der Waals surface area contributed by atoms with E-state index in [1.54, 1.807) is 24.5 Å². The number of pyridine rings is 2. The number of anilines is 1. The maximum Gasteiger partial charge on any atom is 0.341 e. The highest BCUT2D eigenvalue weighted by atomic mass is 35.5. The van der Waals surface area contributed by atoms with Gasteiger partial charge in [-0.05, 0) is 72.2 Å². The summed E-state index contributed by atoms with van der Waals surface area (Å²) >= 11 is 6.18. The van der Waals surface area contributed by atoms with Gasteiger partial charge in [0.15, 0.2) is 0 Å². The summed E-state index contributed by atoms with van der Waals surface area (Å²) in [5.74, 6) is 0.131. The van der Waals surface area contributed by atoms with Gasteiger partial charge in [-0.15, -0.1) is 0 Å². The Kier molecular flexibility index (Phi) is 7.45. The fourth-order valence-corrected chi connectivity index (χ4v) is 5.93. The van der Waals surface area contributed by atoms with Gasteiger partial charge >= 0.3 is 5.97 Å². The highest BCUT2D eigenvalue weighted by Crippen LogP contribution is 2.43. The number of allylic oxidation sites excluding steroid dienone is 1. The first-order chi connectivity index (χ1) is 19.7. The zero-order valence-electron chi connectivity index (χ0n) is 23.4. The Morgan fingerprint density at radius 2 is 1.88 bits per heavy atom. The number of benzene rings is 1. The Morgan fingerprint density at radius 1 is 1.10 bits per heavy atom. The number of carbonyl (C=O) groups is 1. The quantitative estimate of drug-likeness (QED) is 0.249. The molecular weight excluding hydrogens is 538 g/mol. The number of aromatic carboxylic acids is 1. The summed E-state index contributed by atoms with van der Waals surface area (Å²) in [5.41, 5.74) is 5.30. The van der Waals surface area contributed by atoms with Crippen LogP contribution < -0.4 is 9.64 Å². The molecule has 0 radical (unpaired) electrons. The van der Waals surface area contributed by atoms with E-state index in [0.717, 1.165) is 61.6 Å². The van der Waals surface area contributed by atoms with E-state index in [9.17, 15) is 9.90 Å². The van der Waals surface area contributed by atoms with Gasteiger partial charge in [0.25, 0.3) is 0 Å². The number of carboxylic acids is 1. The van der Waals surface area contributed by atoms with Crippen LogP contribution in [0.15, 0.2) is 66.5 Å². The second kappa shape index (κ2) is 11.2. The van der Waals surface area contributed by atoms with Crippen molar-refractivity contribution in [1.82, 2.24) is 19.9 Å². The number of halogens is 1. The Bertz CT molecular complexity index is 1600. The van der Waals surface area contributed by atoms with Gasteiger partial charge < -0.3 is 19.7 Å². The number of aromatic nitrogens is 3. The Morgan fingerprint density at radius 3 is 2.63 bits per heavy atom. The highest BCUT2D eigenvalue weighted by Gasteiger charge is 2.29. The van der Waals surface area contributed by atoms with Crippen LogP contribution in [0, 0.1) is 5.41 Å². The van der Waals surface area contributed by atoms with Crippen molar-refractivity contribution in [2.75, 3.05) is 37.6 Å². The molecule has 41 heavy (non-hydrogen) atoms. The van der Waals surface area contributed by atoms with Crippen LogP contribution in [0.3, 0.4) is 0 Å². The van der Waals surface area contributed by atoms with Gasteiger partial charge in [0.05, 0.1) is 6.20 Å². The second-order valence-corrected chi connectivity index (χ2v) is 12.1. The van der Waals surface area contributed by atoms with Crippen LogP contribution in [0.2, 0.25) is 5.02 Å². The number of hydrogen-bond donors (Lipinski definition) is 2. The molecule has 0 bridgehead atoms. The van der Waals surface area contributed by atoms with Gasteiger partial charge in [-0.3, -0.25) is 4.90 Å². The van der Waals surface area contributed by atoms with E-state index >= 15 is 0 Å². The van der Waals surface area contributed by atoms with Gasteiger partial charge in [0.1, 0.15) is 22.8 Å². The molecule has 1 fully saturated rings. The lowest BCUT2D eigenvalue weighted by Gasteiger charge is -2.39. The van der Waals surface area contributed by atoms with E-state index in [0.29, 0.717) is 11.6 Å². The number of hydrogen-bond acceptors (Lipinski definition) is 6. The smallest absolute Gasteiger partial charge is 0.341 e. The number of nitrogens with zero attached hydrogens (tertiary/aromatic N) is 4. The largest absolute Gasteiger partial charge is 0.477 e. The highest BCUT2D eigenvalue weighted by molar-refractivity contribution is 6.30. The molecule has 6 rings (SSSR count). The lowest BCUT2D eigenvalue weighted by molar-refractivity contribution is 0.0693. The minimum Gasteiger partial charge on any atom is -0.477 e. The lowest BCUT2D eigenvalue weighted by atomic mass is 9.72. The first-order valence-electron chi connectivity index (χ1n) is 14.0. The van der Waals surface area contributed by atoms with Gasteiger partial charge in [0.2, 0.25) is 5.88 Å². The molecule has 2 N–H and O–H groups in total. The summed E-state index contributed by atoms with van der Waals surface area (Å²) in [6, 6.07) is 15.3. The predicted octanol–water partition coefficient (Wildman–Crippen LogP) is 6.89. The molecule has 0 amide bonds. The van der Waals surface area contributed by atoms with Crippen molar-refractivity contribution < 1.29 is 14.6 Å². The molecular formula is C32H34ClN5O3. The molecule has 0 saturated carbocycles. The Hall–Kier alpha value is -3.88. The van der Waals surface area contributed by atoms with Crippen LogP contribution in [0.1, 0.15) is 49.0 Å². The van der Waals surface area contributed by atoms with Crippen molar-refractivity contribution in [3.8, 4) is 11.6 Å². The van der Waals surface area contributed by atoms with Crippen molar-refractivity contribution in [3.63, 3.8) is 0 Å². The maximum atomic E-state index is 11.9. The third-order valence-electron chi connectivity index (χ3n) is 8.15. The van der Waals surface area contributed by atoms with E-state index in [2.05, 4.69) is 50.7 Å². The van der Waals surface area contributed by atoms with Gasteiger partial charge in [-0.2, -0.15) is 4.98 Å². The topological polar surface area (TPSA) is 94.6 Å². The molecule has 0 unspecified atom stereocenters. The average molecular weight is 572 g/mol. The Balaban J connectivity index is 1.17. The van der Waals surface area contributed by atoms with E-state index in [-0.39, 0.29) is 16.9 Å². The van der Waals surface area contributed by atoms with Crippen LogP contribution >= 0.6 is 11.6 Å². The molecule has 8 nitrogen and oxygen atoms in total. The van der Waals surface area contributed by atoms with Gasteiger partial charge in [0, 0.05) is 49.3 Å². The van der Waals surface area contributed by atoms with Crippen molar-refractivity contribution in [3.05, 3.63) is 82.6 Å². The second-order valence-electron chi connectivity index (χ2n) is 11.7. The average Bonchev–Trinajstić information content (AvgIpc) is 3.43. The van der Waals surface area contributed by atoms with E-state index in [4.69, 9.17) is 16.3 Å². The fraction of sp³-hybridized carbons (Fsp3) is 0.344. The number of rotatable bonds is 7. The maximum absolute atomic E-state index is 11.9. The van der Waals surface area contributed by atoms with Crippen molar-refractivity contribution in [1.29, 1.82) is 0 Å². The van der Waals surface area contributed by atoms with E-state index in [1.165, 1.54) is 23.1 Å². The number of fused-ring (bicyclic) bond motifs is 1. The summed E-state index contributed by atoms with van der Waals surface area (Å²) in [6.45, 7) is 9.05. The standard InChI is InChI=1S/C32H34ClN5O3/c1-32(2)11-9-23(27(18-32)21-3-5-24(33)6-4-21)20-37-13-15-38(16-14-37)28-8-7-26(31(39)40)30(36-28)41-25-17-22-10-12-34-29(22)35-19-25/h3-8,10,12,17,19H,9,11,13-16,18,20H2,1-2H3,(H,34,35)(H,39,40). The molecule has 9 heteroatoms. The molecule has 1 aliphatic carbocycles. The first-order valence-corrected chi connectivity index (χ1v) is 14.4. The normalized spacial score (nSPS) is 17.7. The molecule has 3 aromatic heterocycles. The number of nitrogens with one attached hydrogen (secondary N) is 1. The van der Waals surface area contributed by atoms with Crippen LogP contribution in [0.4, 0.5) is 5.82 Å². The van der Waals surface area contributed by atoms with E-state index in [1.807, 2.05) is 24.3 Å². The monoisotopic (exact) mass is 571 g/mol. The minimum atomic E-state index is -1.08. The molecule has 1 aliphatic heterocycles. The molecule has 0 spiro atoms. The summed E-state index contributed by atoms with van der Waals surface area (Å²) in [4.78, 5) is 28.7. The van der Waals surface area contributed by atoms with E-state index < -0.39 is 5.97 Å². The number of H-pyrrole nitrogens is 1. The summed E-state index contributed by atoms with van der Waals surface area (Å²) < 4.78 is 5.96. The Labute approximate surface area is 244 Å².